The fourth-order valence-electron chi connectivity index (χ4n) is 3.33. The van der Waals surface area contributed by atoms with Gasteiger partial charge in [0.1, 0.15) is 0 Å². The van der Waals surface area contributed by atoms with E-state index in [0.717, 1.165) is 29.9 Å². The highest BCUT2D eigenvalue weighted by atomic mass is 16.6. The molecule has 1 aliphatic rings. The lowest BCUT2D eigenvalue weighted by atomic mass is 10.0. The monoisotopic (exact) mass is 370 g/mol. The van der Waals surface area contributed by atoms with Gasteiger partial charge in [0.2, 0.25) is 0 Å². The van der Waals surface area contributed by atoms with Crippen molar-refractivity contribution < 1.29 is 14.3 Å². The minimum absolute atomic E-state index is 0.0684. The van der Waals surface area contributed by atoms with E-state index in [4.69, 9.17) is 4.74 Å². The normalized spacial score (nSPS) is 14.9. The molecule has 144 valence electrons. The summed E-state index contributed by atoms with van der Waals surface area (Å²) in [5.41, 5.74) is 3.56. The fourth-order valence-corrected chi connectivity index (χ4v) is 3.33. The number of likely N-dealkylation sites (tertiary alicyclic amines) is 1. The average molecular weight is 370 g/mol. The lowest BCUT2D eigenvalue weighted by Gasteiger charge is -2.31. The van der Waals surface area contributed by atoms with Gasteiger partial charge in [-0.25, -0.2) is 9.48 Å². The molecule has 2 heterocycles. The Morgan fingerprint density at radius 2 is 1.85 bits per heavy atom. The number of carbonyl (C=O) groups excluding carboxylic acids is 2. The standard InChI is InChI=1S/C20H26N4O3/c1-4-27-20(26)23-11-9-17(10-12-23)21-19(25)16-5-7-18(8-6-16)24-15(3)13-14(2)22-24/h5-8,13,17H,4,9-12H2,1-3H3,(H,21,25). The van der Waals surface area contributed by atoms with Gasteiger partial charge in [0.25, 0.3) is 5.91 Å². The van der Waals surface area contributed by atoms with E-state index in [2.05, 4.69) is 10.4 Å². The van der Waals surface area contributed by atoms with E-state index in [-0.39, 0.29) is 18.0 Å². The van der Waals surface area contributed by atoms with Gasteiger partial charge in [-0.1, -0.05) is 0 Å². The highest BCUT2D eigenvalue weighted by Crippen LogP contribution is 2.15. The lowest BCUT2D eigenvalue weighted by molar-refractivity contribution is 0.0860. The number of aromatic nitrogens is 2. The van der Waals surface area contributed by atoms with Crippen LogP contribution in [-0.4, -0.2) is 52.4 Å². The molecule has 0 atom stereocenters. The Hall–Kier alpha value is -2.83. The number of carbonyl (C=O) groups is 2. The molecule has 27 heavy (non-hydrogen) atoms. The first-order chi connectivity index (χ1) is 13.0. The SMILES string of the molecule is CCOC(=O)N1CCC(NC(=O)c2ccc(-n3nc(C)cc3C)cc2)CC1. The molecule has 7 nitrogen and oxygen atoms in total. The molecule has 3 rings (SSSR count). The first kappa shape index (κ1) is 18.9. The van der Waals surface area contributed by atoms with Crippen LogP contribution >= 0.6 is 0 Å². The largest absolute Gasteiger partial charge is 0.450 e. The van der Waals surface area contributed by atoms with Gasteiger partial charge in [0.05, 0.1) is 18.0 Å². The maximum absolute atomic E-state index is 12.5. The molecule has 1 aromatic carbocycles. The van der Waals surface area contributed by atoms with E-state index >= 15 is 0 Å². The van der Waals surface area contributed by atoms with Gasteiger partial charge in [-0.05, 0) is 63.9 Å². The van der Waals surface area contributed by atoms with Crippen LogP contribution in [0.25, 0.3) is 5.69 Å². The predicted molar refractivity (Wildman–Crippen MR) is 102 cm³/mol. The molecule has 0 aliphatic carbocycles. The molecule has 1 saturated heterocycles. The second kappa shape index (κ2) is 8.24. The van der Waals surface area contributed by atoms with Crippen LogP contribution in [0.5, 0.6) is 0 Å². The molecule has 0 bridgehead atoms. The van der Waals surface area contributed by atoms with Crippen molar-refractivity contribution in [2.75, 3.05) is 19.7 Å². The van der Waals surface area contributed by atoms with Gasteiger partial charge in [-0.3, -0.25) is 4.79 Å². The summed E-state index contributed by atoms with van der Waals surface area (Å²) in [5, 5.41) is 7.52. The Kier molecular flexibility index (Phi) is 5.78. The number of nitrogens with one attached hydrogen (secondary N) is 1. The van der Waals surface area contributed by atoms with Gasteiger partial charge in [-0.2, -0.15) is 5.10 Å². The van der Waals surface area contributed by atoms with Crippen LogP contribution in [0.2, 0.25) is 0 Å². The highest BCUT2D eigenvalue weighted by molar-refractivity contribution is 5.94. The zero-order valence-electron chi connectivity index (χ0n) is 16.1. The summed E-state index contributed by atoms with van der Waals surface area (Å²) in [5.74, 6) is -0.0931. The zero-order valence-corrected chi connectivity index (χ0v) is 16.1. The van der Waals surface area contributed by atoms with Gasteiger partial charge >= 0.3 is 6.09 Å². The summed E-state index contributed by atoms with van der Waals surface area (Å²) in [6, 6.07) is 9.52. The molecule has 0 saturated carbocycles. The molecule has 1 aromatic heterocycles. The number of amides is 2. The first-order valence-electron chi connectivity index (χ1n) is 9.34. The number of benzene rings is 1. The molecule has 1 fully saturated rings. The highest BCUT2D eigenvalue weighted by Gasteiger charge is 2.24. The van der Waals surface area contributed by atoms with Gasteiger partial charge < -0.3 is 15.0 Å². The maximum atomic E-state index is 12.5. The lowest BCUT2D eigenvalue weighted by Crippen LogP contribution is -2.46. The number of hydrogen-bond donors (Lipinski definition) is 1. The fraction of sp³-hybridized carbons (Fsp3) is 0.450. The van der Waals surface area contributed by atoms with Crippen LogP contribution in [0.4, 0.5) is 4.79 Å². The molecule has 1 N–H and O–H groups in total. The van der Waals surface area contributed by atoms with E-state index in [1.165, 1.54) is 0 Å². The summed E-state index contributed by atoms with van der Waals surface area (Å²) in [6.07, 6.45) is 1.19. The predicted octanol–water partition coefficient (Wildman–Crippen LogP) is 2.84. The Labute approximate surface area is 159 Å². The van der Waals surface area contributed by atoms with Crippen molar-refractivity contribution in [3.8, 4) is 5.69 Å². The van der Waals surface area contributed by atoms with Gasteiger partial charge in [-0.15, -0.1) is 0 Å². The van der Waals surface area contributed by atoms with Crippen LogP contribution in [-0.2, 0) is 4.74 Å². The average Bonchev–Trinajstić information content (AvgIpc) is 3.01. The second-order valence-electron chi connectivity index (χ2n) is 6.82. The van der Waals surface area contributed by atoms with Crippen molar-refractivity contribution in [2.45, 2.75) is 39.7 Å². The van der Waals surface area contributed by atoms with Gasteiger partial charge in [0.15, 0.2) is 0 Å². The molecule has 0 unspecified atom stereocenters. The quantitative estimate of drug-likeness (QED) is 0.898. The van der Waals surface area contributed by atoms with Crippen LogP contribution < -0.4 is 5.32 Å². The number of aryl methyl sites for hydroxylation is 2. The van der Waals surface area contributed by atoms with E-state index < -0.39 is 0 Å². The molecular weight excluding hydrogens is 344 g/mol. The van der Waals surface area contributed by atoms with Crippen LogP contribution in [0.1, 0.15) is 41.5 Å². The third kappa shape index (κ3) is 4.48. The number of hydrogen-bond acceptors (Lipinski definition) is 4. The topological polar surface area (TPSA) is 76.5 Å². The summed E-state index contributed by atoms with van der Waals surface area (Å²) in [4.78, 5) is 25.9. The number of piperidine rings is 1. The van der Waals surface area contributed by atoms with Crippen molar-refractivity contribution in [2.24, 2.45) is 0 Å². The minimum Gasteiger partial charge on any atom is -0.450 e. The van der Waals surface area contributed by atoms with Crippen molar-refractivity contribution in [3.63, 3.8) is 0 Å². The number of nitrogens with zero attached hydrogens (tertiary/aromatic N) is 3. The van der Waals surface area contributed by atoms with E-state index in [0.29, 0.717) is 25.3 Å². The molecule has 0 radical (unpaired) electrons. The Morgan fingerprint density at radius 3 is 2.41 bits per heavy atom. The molecule has 2 aromatic rings. The van der Waals surface area contributed by atoms with Crippen LogP contribution in [0, 0.1) is 13.8 Å². The van der Waals surface area contributed by atoms with Crippen molar-refractivity contribution >= 4 is 12.0 Å². The molecule has 7 heteroatoms. The first-order valence-corrected chi connectivity index (χ1v) is 9.34. The second-order valence-corrected chi connectivity index (χ2v) is 6.82. The summed E-state index contributed by atoms with van der Waals surface area (Å²) < 4.78 is 6.88. The minimum atomic E-state index is -0.276. The maximum Gasteiger partial charge on any atom is 0.409 e. The summed E-state index contributed by atoms with van der Waals surface area (Å²) >= 11 is 0. The molecule has 0 spiro atoms. The molecule has 2 amide bonds. The van der Waals surface area contributed by atoms with Gasteiger partial charge in [0, 0.05) is 30.4 Å². The zero-order chi connectivity index (χ0) is 19.4. The summed E-state index contributed by atoms with van der Waals surface area (Å²) in [7, 11) is 0. The third-order valence-electron chi connectivity index (χ3n) is 4.74. The Balaban J connectivity index is 1.56. The third-order valence-corrected chi connectivity index (χ3v) is 4.74. The van der Waals surface area contributed by atoms with Crippen LogP contribution in [0.15, 0.2) is 30.3 Å². The van der Waals surface area contributed by atoms with E-state index in [1.54, 1.807) is 11.8 Å². The van der Waals surface area contributed by atoms with E-state index in [1.807, 2.05) is 48.9 Å². The van der Waals surface area contributed by atoms with Crippen molar-refractivity contribution in [3.05, 3.63) is 47.3 Å². The number of ether oxygens (including phenoxy) is 1. The molecular formula is C20H26N4O3. The smallest absolute Gasteiger partial charge is 0.409 e. The summed E-state index contributed by atoms with van der Waals surface area (Å²) in [6.45, 7) is 7.33. The number of rotatable bonds is 4. The van der Waals surface area contributed by atoms with E-state index in [9.17, 15) is 9.59 Å². The van der Waals surface area contributed by atoms with Crippen molar-refractivity contribution in [1.29, 1.82) is 0 Å². The van der Waals surface area contributed by atoms with Crippen molar-refractivity contribution in [1.82, 2.24) is 20.0 Å². The molecule has 1 aliphatic heterocycles. The Morgan fingerprint density at radius 1 is 1.19 bits per heavy atom. The Bertz CT molecular complexity index is 805. The van der Waals surface area contributed by atoms with Crippen LogP contribution in [0.3, 0.4) is 0 Å².